The maximum atomic E-state index is 12.7. The van der Waals surface area contributed by atoms with Gasteiger partial charge >= 0.3 is 0 Å². The number of ether oxygens (including phenoxy) is 2. The van der Waals surface area contributed by atoms with Gasteiger partial charge in [0.1, 0.15) is 0 Å². The lowest BCUT2D eigenvalue weighted by atomic mass is 10.1. The predicted molar refractivity (Wildman–Crippen MR) is 332 cm³/mol. The molecule has 0 amide bonds. The van der Waals surface area contributed by atoms with Gasteiger partial charge < -0.3 is 45.2 Å². The molecule has 0 bridgehead atoms. The van der Waals surface area contributed by atoms with Crippen molar-refractivity contribution < 1.29 is 9.47 Å². The molecular formula is C62H71N11O4S4. The first-order chi connectivity index (χ1) is 39.7. The fourth-order valence-electron chi connectivity index (χ4n) is 11.4. The highest BCUT2D eigenvalue weighted by Crippen LogP contribution is 2.53. The van der Waals surface area contributed by atoms with Gasteiger partial charge in [-0.1, -0.05) is 77.4 Å². The number of nitrogens with zero attached hydrogens (tertiary/aromatic N) is 6. The minimum atomic E-state index is -0.0769. The van der Waals surface area contributed by atoms with Crippen LogP contribution < -0.4 is 36.9 Å². The molecule has 0 aliphatic carbocycles. The fraction of sp³-hybridized carbons (Fsp3) is 0.371. The number of H-pyrrole nitrogens is 2. The third-order valence-electron chi connectivity index (χ3n) is 15.4. The van der Waals surface area contributed by atoms with Gasteiger partial charge in [0.15, 0.2) is 0 Å². The quantitative estimate of drug-likeness (QED) is 0.0703. The summed E-state index contributed by atoms with van der Waals surface area (Å²) in [6.07, 6.45) is 3.81. The number of pyridine rings is 3. The van der Waals surface area contributed by atoms with Gasteiger partial charge in [0, 0.05) is 208 Å². The third kappa shape index (κ3) is 14.0. The van der Waals surface area contributed by atoms with Crippen molar-refractivity contribution in [2.75, 3.05) is 138 Å². The van der Waals surface area contributed by atoms with E-state index >= 15 is 0 Å². The van der Waals surface area contributed by atoms with E-state index in [2.05, 4.69) is 160 Å². The van der Waals surface area contributed by atoms with E-state index in [0.29, 0.717) is 38.5 Å². The molecule has 0 radical (unpaired) electrons. The summed E-state index contributed by atoms with van der Waals surface area (Å²) in [7, 11) is 0. The summed E-state index contributed by atoms with van der Waals surface area (Å²) in [5, 5.41) is 10.9. The molecule has 422 valence electrons. The highest BCUT2D eigenvalue weighted by Gasteiger charge is 2.26. The van der Waals surface area contributed by atoms with Crippen LogP contribution in [-0.2, 0) is 16.0 Å². The Morgan fingerprint density at radius 2 is 1.01 bits per heavy atom. The second-order valence-corrected chi connectivity index (χ2v) is 25.8. The Morgan fingerprint density at radius 3 is 1.51 bits per heavy atom. The van der Waals surface area contributed by atoms with E-state index in [9.17, 15) is 9.59 Å². The standard InChI is InChI=1S/C34H38N6O2S2.C28H33N5O2S2/c1-24(22-38-10-12-39(13-11-38)23-25-4-3-9-35-21-25)36-26-7-8-30-32(18-26)43-31-6-2-5-28(34(31)44-30)29-19-27(20-33(41)37-29)40-14-16-42-17-15-40;1-19(18-32-9-7-29-8-10-32)30-20-5-6-24-26(15-20)36-25-4-2-3-22(28(25)37-24)23-16-21(17-27(34)31-23)33-11-13-35-14-12-33/h2-9,18-21,24,36H,10-17,22-23H2,1H3,(H,37,41);2-6,15-17,19,29-30H,7-14,18H2,1H3,(H,31,34). The molecule has 19 heteroatoms. The van der Waals surface area contributed by atoms with Gasteiger partial charge in [0.05, 0.1) is 37.8 Å². The number of anilines is 4. The molecule has 0 spiro atoms. The van der Waals surface area contributed by atoms with Gasteiger partial charge in [-0.3, -0.25) is 29.3 Å². The Balaban J connectivity index is 0.000000163. The maximum absolute atomic E-state index is 12.7. The number of benzene rings is 4. The fourth-order valence-corrected chi connectivity index (χ4v) is 16.2. The maximum Gasteiger partial charge on any atom is 0.250 e. The molecule has 0 saturated carbocycles. The molecule has 6 aliphatic rings. The van der Waals surface area contributed by atoms with Crippen LogP contribution in [-0.4, -0.2) is 160 Å². The van der Waals surface area contributed by atoms with E-state index in [-0.39, 0.29) is 11.1 Å². The van der Waals surface area contributed by atoms with Gasteiger partial charge in [-0.05, 0) is 86.1 Å². The molecule has 5 N–H and O–H groups in total. The topological polar surface area (TPSA) is 149 Å². The van der Waals surface area contributed by atoms with Crippen LogP contribution in [0.1, 0.15) is 19.4 Å². The Labute approximate surface area is 491 Å². The van der Waals surface area contributed by atoms with Crippen molar-refractivity contribution in [3.8, 4) is 22.5 Å². The van der Waals surface area contributed by atoms with Crippen LogP contribution in [0, 0.1) is 0 Å². The van der Waals surface area contributed by atoms with E-state index in [1.165, 1.54) is 44.7 Å². The Kier molecular flexibility index (Phi) is 18.1. The zero-order valence-electron chi connectivity index (χ0n) is 46.1. The van der Waals surface area contributed by atoms with Crippen LogP contribution in [0.5, 0.6) is 0 Å². The molecule has 6 aliphatic heterocycles. The lowest BCUT2D eigenvalue weighted by molar-refractivity contribution is 0.122. The highest BCUT2D eigenvalue weighted by molar-refractivity contribution is 8.05. The van der Waals surface area contributed by atoms with Crippen LogP contribution in [0.15, 0.2) is 170 Å². The molecule has 81 heavy (non-hydrogen) atoms. The average molecular weight is 1160 g/mol. The Morgan fingerprint density at radius 1 is 0.519 bits per heavy atom. The van der Waals surface area contributed by atoms with E-state index in [1.807, 2.05) is 18.5 Å². The summed E-state index contributed by atoms with van der Waals surface area (Å²) in [5.41, 5.74) is 9.22. The summed E-state index contributed by atoms with van der Waals surface area (Å²) in [6, 6.07) is 38.7. The van der Waals surface area contributed by atoms with Crippen molar-refractivity contribution in [3.05, 3.63) is 148 Å². The van der Waals surface area contributed by atoms with Gasteiger partial charge in [-0.25, -0.2) is 0 Å². The molecule has 7 aromatic rings. The number of rotatable bonds is 14. The van der Waals surface area contributed by atoms with Crippen molar-refractivity contribution in [2.24, 2.45) is 0 Å². The van der Waals surface area contributed by atoms with Gasteiger partial charge in [-0.2, -0.15) is 0 Å². The molecule has 2 unspecified atom stereocenters. The van der Waals surface area contributed by atoms with Crippen molar-refractivity contribution >= 4 is 69.8 Å². The van der Waals surface area contributed by atoms with Crippen molar-refractivity contribution in [1.29, 1.82) is 0 Å². The summed E-state index contributed by atoms with van der Waals surface area (Å²) < 4.78 is 11.0. The van der Waals surface area contributed by atoms with Gasteiger partial charge in [0.2, 0.25) is 11.1 Å². The van der Waals surface area contributed by atoms with E-state index in [1.54, 1.807) is 59.2 Å². The third-order valence-corrected chi connectivity index (χ3v) is 20.6. The summed E-state index contributed by atoms with van der Waals surface area (Å²) in [6.45, 7) is 22.3. The zero-order chi connectivity index (χ0) is 55.1. The average Bonchev–Trinajstić information content (AvgIpc) is 3.67. The number of fused-ring (bicyclic) bond motifs is 4. The number of morpholine rings is 2. The lowest BCUT2D eigenvalue weighted by Gasteiger charge is -2.36. The monoisotopic (exact) mass is 1160 g/mol. The van der Waals surface area contributed by atoms with E-state index in [4.69, 9.17) is 9.47 Å². The predicted octanol–water partition coefficient (Wildman–Crippen LogP) is 9.71. The van der Waals surface area contributed by atoms with Crippen LogP contribution >= 0.6 is 47.0 Å². The smallest absolute Gasteiger partial charge is 0.250 e. The van der Waals surface area contributed by atoms with Crippen molar-refractivity contribution in [2.45, 2.75) is 71.6 Å². The second-order valence-electron chi connectivity index (χ2n) is 21.5. The number of hydrogen-bond donors (Lipinski definition) is 5. The zero-order valence-corrected chi connectivity index (χ0v) is 49.4. The number of aromatic nitrogens is 3. The van der Waals surface area contributed by atoms with Crippen LogP contribution in [0.25, 0.3) is 22.5 Å². The summed E-state index contributed by atoms with van der Waals surface area (Å²) in [5.74, 6) is 0. The highest BCUT2D eigenvalue weighted by atomic mass is 32.2. The second kappa shape index (κ2) is 26.3. The minimum Gasteiger partial charge on any atom is -0.381 e. The summed E-state index contributed by atoms with van der Waals surface area (Å²) >= 11 is 7.19. The van der Waals surface area contributed by atoms with Crippen LogP contribution in [0.4, 0.5) is 22.7 Å². The molecule has 13 rings (SSSR count). The SMILES string of the molecule is CC(CN1CCN(Cc2cccnc2)CC1)Nc1ccc2c(c1)Sc1cccc(-c3cc(N4CCOCC4)cc(=O)[nH]3)c1S2.CC(CN1CCNCC1)Nc1ccc2c(c1)Sc1cccc(-c3cc(N4CCOCC4)cc(=O)[nH]3)c1S2. The molecule has 4 saturated heterocycles. The molecule has 15 nitrogen and oxygen atoms in total. The van der Waals surface area contributed by atoms with E-state index < -0.39 is 0 Å². The summed E-state index contributed by atoms with van der Waals surface area (Å²) in [4.78, 5) is 57.6. The number of aromatic amines is 2. The first kappa shape index (κ1) is 55.8. The largest absolute Gasteiger partial charge is 0.381 e. The minimum absolute atomic E-state index is 0.0730. The van der Waals surface area contributed by atoms with Gasteiger partial charge in [0.25, 0.3) is 0 Å². The first-order valence-electron chi connectivity index (χ1n) is 28.4. The molecule has 4 aromatic carbocycles. The molecule has 3 aromatic heterocycles. The lowest BCUT2D eigenvalue weighted by Crippen LogP contribution is -2.48. The van der Waals surface area contributed by atoms with Gasteiger partial charge in [-0.15, -0.1) is 0 Å². The molecule has 4 fully saturated rings. The van der Waals surface area contributed by atoms with Crippen LogP contribution in [0.3, 0.4) is 0 Å². The van der Waals surface area contributed by atoms with Crippen molar-refractivity contribution in [3.63, 3.8) is 0 Å². The molecule has 9 heterocycles. The normalized spacial score (nSPS) is 18.3. The number of nitrogens with one attached hydrogen (secondary N) is 5. The molecule has 2 atom stereocenters. The van der Waals surface area contributed by atoms with Crippen LogP contribution in [0.2, 0.25) is 0 Å². The number of piperazine rings is 2. The molecular weight excluding hydrogens is 1090 g/mol. The number of hydrogen-bond acceptors (Lipinski definition) is 17. The van der Waals surface area contributed by atoms with Crippen molar-refractivity contribution in [1.82, 2.24) is 35.0 Å². The Bertz CT molecular complexity index is 3420. The van der Waals surface area contributed by atoms with E-state index in [0.717, 1.165) is 143 Å². The first-order valence-corrected chi connectivity index (χ1v) is 31.7. The Hall–Kier alpha value is -5.71.